The van der Waals surface area contributed by atoms with Crippen molar-refractivity contribution in [1.82, 2.24) is 10.2 Å². The Morgan fingerprint density at radius 3 is 2.42 bits per heavy atom. The molecule has 31 heavy (non-hydrogen) atoms. The molecule has 0 spiro atoms. The fraction of sp³-hybridized carbons (Fsp3) is 0.391. The van der Waals surface area contributed by atoms with Crippen LogP contribution in [0.4, 0.5) is 10.1 Å². The molecule has 0 fully saturated rings. The van der Waals surface area contributed by atoms with Crippen molar-refractivity contribution in [2.75, 3.05) is 32.5 Å². The van der Waals surface area contributed by atoms with E-state index in [1.165, 1.54) is 6.07 Å². The minimum Gasteiger partial charge on any atom is -0.491 e. The van der Waals surface area contributed by atoms with E-state index in [1.807, 2.05) is 44.2 Å². The van der Waals surface area contributed by atoms with Crippen LogP contribution in [0.2, 0.25) is 0 Å². The number of rotatable bonds is 9. The van der Waals surface area contributed by atoms with Gasteiger partial charge in [-0.05, 0) is 56.2 Å². The van der Waals surface area contributed by atoms with Gasteiger partial charge < -0.3 is 20.3 Å². The monoisotopic (exact) mass is 542 g/mol. The van der Waals surface area contributed by atoms with Crippen molar-refractivity contribution in [3.05, 3.63) is 59.9 Å². The number of guanidine groups is 1. The van der Waals surface area contributed by atoms with E-state index >= 15 is 0 Å². The highest BCUT2D eigenvalue weighted by atomic mass is 127. The van der Waals surface area contributed by atoms with E-state index in [-0.39, 0.29) is 41.8 Å². The molecule has 0 unspecified atom stereocenters. The number of amides is 1. The Morgan fingerprint density at radius 1 is 1.13 bits per heavy atom. The maximum absolute atomic E-state index is 13.8. The van der Waals surface area contributed by atoms with Crippen LogP contribution in [-0.2, 0) is 11.2 Å². The van der Waals surface area contributed by atoms with E-state index < -0.39 is 0 Å². The van der Waals surface area contributed by atoms with Crippen molar-refractivity contribution >= 4 is 41.5 Å². The molecule has 8 heteroatoms. The van der Waals surface area contributed by atoms with Crippen molar-refractivity contribution in [1.29, 1.82) is 0 Å². The van der Waals surface area contributed by atoms with Gasteiger partial charge in [0.1, 0.15) is 11.6 Å². The Bertz CT molecular complexity index is 842. The van der Waals surface area contributed by atoms with Crippen LogP contribution in [0.25, 0.3) is 0 Å². The number of carbonyl (C=O) groups is 1. The number of nitrogens with zero attached hydrogens (tertiary/aromatic N) is 2. The van der Waals surface area contributed by atoms with Crippen molar-refractivity contribution in [2.24, 2.45) is 4.99 Å². The lowest BCUT2D eigenvalue weighted by molar-refractivity contribution is -0.128. The largest absolute Gasteiger partial charge is 0.491 e. The Labute approximate surface area is 201 Å². The number of hydrogen-bond donors (Lipinski definition) is 2. The van der Waals surface area contributed by atoms with Gasteiger partial charge in [0.25, 0.3) is 0 Å². The second-order valence-electron chi connectivity index (χ2n) is 7.35. The molecule has 2 rings (SSSR count). The van der Waals surface area contributed by atoms with Crippen LogP contribution in [0.1, 0.15) is 25.8 Å². The van der Waals surface area contributed by atoms with Crippen molar-refractivity contribution in [2.45, 2.75) is 32.8 Å². The molecular weight excluding hydrogens is 510 g/mol. The molecule has 0 radical (unpaired) electrons. The molecule has 0 aromatic heterocycles. The van der Waals surface area contributed by atoms with Crippen LogP contribution >= 0.6 is 24.0 Å². The van der Waals surface area contributed by atoms with Crippen LogP contribution in [0, 0.1) is 5.82 Å². The molecule has 2 N–H and O–H groups in total. The summed E-state index contributed by atoms with van der Waals surface area (Å²) in [5, 5.41) is 6.44. The first-order valence-electron chi connectivity index (χ1n) is 10.1. The smallest absolute Gasteiger partial charge is 0.223 e. The number of benzene rings is 2. The van der Waals surface area contributed by atoms with Gasteiger partial charge in [0.15, 0.2) is 5.96 Å². The summed E-state index contributed by atoms with van der Waals surface area (Å²) in [7, 11) is 3.44. The van der Waals surface area contributed by atoms with Crippen LogP contribution in [-0.4, -0.2) is 50.1 Å². The second-order valence-corrected chi connectivity index (χ2v) is 7.35. The van der Waals surface area contributed by atoms with E-state index in [9.17, 15) is 9.18 Å². The molecule has 0 aliphatic rings. The van der Waals surface area contributed by atoms with Crippen molar-refractivity contribution in [3.63, 3.8) is 0 Å². The van der Waals surface area contributed by atoms with Gasteiger partial charge in [-0.25, -0.2) is 4.39 Å². The van der Waals surface area contributed by atoms with Crippen molar-refractivity contribution in [3.8, 4) is 5.75 Å². The normalized spacial score (nSPS) is 11.0. The fourth-order valence-electron chi connectivity index (χ4n) is 2.67. The number of carbonyl (C=O) groups excluding carboxylic acids is 1. The van der Waals surface area contributed by atoms with Gasteiger partial charge >= 0.3 is 0 Å². The Morgan fingerprint density at radius 2 is 1.81 bits per heavy atom. The minimum atomic E-state index is -0.219. The lowest BCUT2D eigenvalue weighted by atomic mass is 10.1. The summed E-state index contributed by atoms with van der Waals surface area (Å²) in [5.41, 5.74) is 1.48. The number of nitrogens with one attached hydrogen (secondary N) is 2. The molecule has 0 atom stereocenters. The topological polar surface area (TPSA) is 66.0 Å². The van der Waals surface area contributed by atoms with Gasteiger partial charge in [0.2, 0.25) is 5.91 Å². The third-order valence-corrected chi connectivity index (χ3v) is 4.23. The molecule has 1 amide bonds. The predicted octanol–water partition coefficient (Wildman–Crippen LogP) is 4.31. The fourth-order valence-corrected chi connectivity index (χ4v) is 2.67. The summed E-state index contributed by atoms with van der Waals surface area (Å²) in [6.07, 6.45) is 0.940. The zero-order valence-electron chi connectivity index (χ0n) is 18.5. The van der Waals surface area contributed by atoms with Crippen LogP contribution in [0.15, 0.2) is 53.5 Å². The summed E-state index contributed by atoms with van der Waals surface area (Å²) >= 11 is 0. The summed E-state index contributed by atoms with van der Waals surface area (Å²) in [6, 6.07) is 14.3. The average Bonchev–Trinajstić information content (AvgIpc) is 2.70. The molecule has 0 bridgehead atoms. The Balaban J connectivity index is 0.00000480. The number of halogens is 2. The SMILES string of the molecule is CC(C)Oc1ccc(NC(=NCCC(=O)N(C)C)NCCc2ccccc2F)cc1.I. The molecule has 2 aromatic carbocycles. The molecule has 0 aliphatic carbocycles. The molecule has 0 heterocycles. The van der Waals surface area contributed by atoms with Gasteiger partial charge in [0, 0.05) is 32.7 Å². The standard InChI is InChI=1S/C23H31FN4O2.HI/c1-17(2)30-20-11-9-19(10-12-20)27-23(26-16-14-22(29)28(3)4)25-15-13-18-7-5-6-8-21(18)24;/h5-12,17H,13-16H2,1-4H3,(H2,25,26,27);1H. The van der Waals surface area contributed by atoms with Gasteiger partial charge in [0.05, 0.1) is 12.6 Å². The first-order chi connectivity index (χ1) is 14.3. The van der Waals surface area contributed by atoms with Gasteiger partial charge in [-0.1, -0.05) is 18.2 Å². The van der Waals surface area contributed by atoms with Crippen molar-refractivity contribution < 1.29 is 13.9 Å². The summed E-state index contributed by atoms with van der Waals surface area (Å²) < 4.78 is 19.5. The third kappa shape index (κ3) is 9.99. The van der Waals surface area contributed by atoms with E-state index in [0.29, 0.717) is 37.5 Å². The zero-order valence-corrected chi connectivity index (χ0v) is 20.9. The van der Waals surface area contributed by atoms with Gasteiger partial charge in [-0.15, -0.1) is 24.0 Å². The first kappa shape index (κ1) is 26.7. The highest BCUT2D eigenvalue weighted by Gasteiger charge is 2.06. The molecule has 0 aliphatic heterocycles. The van der Waals surface area contributed by atoms with E-state index in [0.717, 1.165) is 11.4 Å². The summed E-state index contributed by atoms with van der Waals surface area (Å²) in [5.74, 6) is 1.12. The summed E-state index contributed by atoms with van der Waals surface area (Å²) in [6.45, 7) is 4.81. The first-order valence-corrected chi connectivity index (χ1v) is 10.1. The molecule has 0 saturated heterocycles. The summed E-state index contributed by atoms with van der Waals surface area (Å²) in [4.78, 5) is 17.8. The maximum Gasteiger partial charge on any atom is 0.223 e. The van der Waals surface area contributed by atoms with Crippen LogP contribution in [0.3, 0.4) is 0 Å². The highest BCUT2D eigenvalue weighted by molar-refractivity contribution is 14.0. The molecule has 170 valence electrons. The van der Waals surface area contributed by atoms with Gasteiger partial charge in [-0.2, -0.15) is 0 Å². The number of anilines is 1. The Kier molecular flexibility index (Phi) is 11.9. The molecule has 6 nitrogen and oxygen atoms in total. The molecular formula is C23H32FIN4O2. The lowest BCUT2D eigenvalue weighted by Gasteiger charge is -2.15. The predicted molar refractivity (Wildman–Crippen MR) is 135 cm³/mol. The zero-order chi connectivity index (χ0) is 21.9. The lowest BCUT2D eigenvalue weighted by Crippen LogP contribution is -2.33. The second kappa shape index (κ2) is 13.8. The minimum absolute atomic E-state index is 0. The highest BCUT2D eigenvalue weighted by Crippen LogP contribution is 2.17. The van der Waals surface area contributed by atoms with Gasteiger partial charge in [-0.3, -0.25) is 9.79 Å². The van der Waals surface area contributed by atoms with Crippen LogP contribution < -0.4 is 15.4 Å². The van der Waals surface area contributed by atoms with E-state index in [1.54, 1.807) is 31.1 Å². The molecule has 0 saturated carbocycles. The van der Waals surface area contributed by atoms with E-state index in [2.05, 4.69) is 15.6 Å². The third-order valence-electron chi connectivity index (χ3n) is 4.23. The average molecular weight is 542 g/mol. The number of hydrogen-bond acceptors (Lipinski definition) is 3. The number of ether oxygens (including phenoxy) is 1. The molecule has 2 aromatic rings. The quantitative estimate of drug-likeness (QED) is 0.282. The Hall–Kier alpha value is -2.36. The van der Waals surface area contributed by atoms with E-state index in [4.69, 9.17) is 4.74 Å². The maximum atomic E-state index is 13.8. The number of aliphatic imine (C=N–C) groups is 1. The van der Waals surface area contributed by atoms with Crippen LogP contribution in [0.5, 0.6) is 5.75 Å².